The van der Waals surface area contributed by atoms with E-state index in [9.17, 15) is 19.7 Å². The summed E-state index contributed by atoms with van der Waals surface area (Å²) >= 11 is 0. The predicted molar refractivity (Wildman–Crippen MR) is 106 cm³/mol. The molecule has 9 nitrogen and oxygen atoms in total. The van der Waals surface area contributed by atoms with Crippen LogP contribution in [0.4, 0.5) is 17.1 Å². The van der Waals surface area contributed by atoms with Crippen molar-refractivity contribution in [3.8, 4) is 11.5 Å². The highest BCUT2D eigenvalue weighted by molar-refractivity contribution is 6.04. The number of benzene rings is 2. The quantitative estimate of drug-likeness (QED) is 0.591. The molecule has 152 valence electrons. The van der Waals surface area contributed by atoms with Crippen LogP contribution >= 0.6 is 0 Å². The van der Waals surface area contributed by atoms with E-state index in [1.54, 1.807) is 31.2 Å². The lowest BCUT2D eigenvalue weighted by Gasteiger charge is -2.18. The van der Waals surface area contributed by atoms with E-state index in [0.29, 0.717) is 28.4 Å². The van der Waals surface area contributed by atoms with E-state index in [-0.39, 0.29) is 30.5 Å². The lowest BCUT2D eigenvalue weighted by atomic mass is 10.1. The fourth-order valence-electron chi connectivity index (χ4n) is 3.22. The Morgan fingerprint density at radius 3 is 2.55 bits per heavy atom. The minimum Gasteiger partial charge on any atom is -0.493 e. The molecule has 0 bridgehead atoms. The number of nitrogens with one attached hydrogen (secondary N) is 1. The van der Waals surface area contributed by atoms with Crippen LogP contribution in [0.2, 0.25) is 0 Å². The third kappa shape index (κ3) is 4.13. The van der Waals surface area contributed by atoms with Gasteiger partial charge in [0.15, 0.2) is 11.5 Å². The van der Waals surface area contributed by atoms with Crippen LogP contribution in [0.25, 0.3) is 0 Å². The SMILES string of the molecule is COc1ccc(N2C[C@H](C(=O)Nc3cc([N+](=O)[O-])ccc3C)CC2=O)cc1OC. The molecular weight excluding hydrogens is 378 g/mol. The second-order valence-corrected chi connectivity index (χ2v) is 6.69. The molecule has 1 aliphatic heterocycles. The smallest absolute Gasteiger partial charge is 0.271 e. The molecule has 1 fully saturated rings. The fraction of sp³-hybridized carbons (Fsp3) is 0.300. The zero-order valence-electron chi connectivity index (χ0n) is 16.3. The molecule has 1 heterocycles. The van der Waals surface area contributed by atoms with Crippen LogP contribution in [0.15, 0.2) is 36.4 Å². The van der Waals surface area contributed by atoms with E-state index in [0.717, 1.165) is 0 Å². The number of rotatable bonds is 6. The number of hydrogen-bond acceptors (Lipinski definition) is 6. The van der Waals surface area contributed by atoms with Crippen molar-refractivity contribution < 1.29 is 24.0 Å². The van der Waals surface area contributed by atoms with Crippen LogP contribution in [-0.2, 0) is 9.59 Å². The largest absolute Gasteiger partial charge is 0.493 e. The summed E-state index contributed by atoms with van der Waals surface area (Å²) in [5.74, 6) is -0.0939. The lowest BCUT2D eigenvalue weighted by molar-refractivity contribution is -0.384. The van der Waals surface area contributed by atoms with Crippen LogP contribution in [0.5, 0.6) is 11.5 Å². The Morgan fingerprint density at radius 1 is 1.17 bits per heavy atom. The first-order valence-corrected chi connectivity index (χ1v) is 8.92. The topological polar surface area (TPSA) is 111 Å². The van der Waals surface area contributed by atoms with Crippen molar-refractivity contribution >= 4 is 28.9 Å². The van der Waals surface area contributed by atoms with Crippen LogP contribution < -0.4 is 19.7 Å². The summed E-state index contributed by atoms with van der Waals surface area (Å²) in [5, 5.41) is 13.7. The van der Waals surface area contributed by atoms with E-state index in [1.165, 1.54) is 31.3 Å². The Kier molecular flexibility index (Phi) is 5.67. The number of ether oxygens (including phenoxy) is 2. The first-order chi connectivity index (χ1) is 13.8. The highest BCUT2D eigenvalue weighted by atomic mass is 16.6. The number of methoxy groups -OCH3 is 2. The minimum absolute atomic E-state index is 0.0498. The van der Waals surface area contributed by atoms with E-state index in [2.05, 4.69) is 5.32 Å². The third-order valence-electron chi connectivity index (χ3n) is 4.86. The maximum absolute atomic E-state index is 12.7. The summed E-state index contributed by atoms with van der Waals surface area (Å²) in [6.45, 7) is 1.95. The molecule has 0 aromatic heterocycles. The molecule has 9 heteroatoms. The van der Waals surface area contributed by atoms with Gasteiger partial charge in [0, 0.05) is 36.9 Å². The number of carbonyl (C=O) groups excluding carboxylic acids is 2. The van der Waals surface area contributed by atoms with Gasteiger partial charge in [0.05, 0.1) is 30.7 Å². The van der Waals surface area contributed by atoms with Crippen molar-refractivity contribution in [3.05, 3.63) is 52.1 Å². The van der Waals surface area contributed by atoms with Crippen LogP contribution in [-0.4, -0.2) is 37.5 Å². The first-order valence-electron chi connectivity index (χ1n) is 8.92. The zero-order chi connectivity index (χ0) is 21.1. The van der Waals surface area contributed by atoms with Crippen molar-refractivity contribution in [1.82, 2.24) is 0 Å². The summed E-state index contributed by atoms with van der Waals surface area (Å²) in [5.41, 5.74) is 1.56. The van der Waals surface area contributed by atoms with Gasteiger partial charge in [-0.3, -0.25) is 19.7 Å². The number of non-ortho nitro benzene ring substituents is 1. The van der Waals surface area contributed by atoms with Gasteiger partial charge in [-0.15, -0.1) is 0 Å². The molecule has 1 saturated heterocycles. The fourth-order valence-corrected chi connectivity index (χ4v) is 3.22. The molecule has 1 atom stereocenters. The van der Waals surface area contributed by atoms with Gasteiger partial charge in [-0.05, 0) is 24.6 Å². The molecule has 2 amide bonds. The Morgan fingerprint density at radius 2 is 1.90 bits per heavy atom. The number of nitro benzene ring substituents is 1. The summed E-state index contributed by atoms with van der Waals surface area (Å²) in [6, 6.07) is 9.37. The number of aryl methyl sites for hydroxylation is 1. The summed E-state index contributed by atoms with van der Waals surface area (Å²) in [4.78, 5) is 37.1. The number of carbonyl (C=O) groups is 2. The van der Waals surface area contributed by atoms with Crippen molar-refractivity contribution in [2.75, 3.05) is 31.0 Å². The van der Waals surface area contributed by atoms with Gasteiger partial charge in [-0.25, -0.2) is 0 Å². The van der Waals surface area contributed by atoms with E-state index < -0.39 is 10.8 Å². The molecule has 0 unspecified atom stereocenters. The second kappa shape index (κ2) is 8.17. The summed E-state index contributed by atoms with van der Waals surface area (Å²) < 4.78 is 10.5. The van der Waals surface area contributed by atoms with Gasteiger partial charge in [0.1, 0.15) is 0 Å². The molecule has 3 rings (SSSR count). The monoisotopic (exact) mass is 399 g/mol. The van der Waals surface area contributed by atoms with Crippen LogP contribution in [0.1, 0.15) is 12.0 Å². The highest BCUT2D eigenvalue weighted by Gasteiger charge is 2.35. The van der Waals surface area contributed by atoms with Crippen LogP contribution in [0.3, 0.4) is 0 Å². The molecule has 0 saturated carbocycles. The predicted octanol–water partition coefficient (Wildman–Crippen LogP) is 2.91. The number of nitrogens with zero attached hydrogens (tertiary/aromatic N) is 2. The van der Waals surface area contributed by atoms with Crippen molar-refractivity contribution in [1.29, 1.82) is 0 Å². The Bertz CT molecular complexity index is 975. The number of amides is 2. The summed E-state index contributed by atoms with van der Waals surface area (Å²) in [6.07, 6.45) is 0.0498. The highest BCUT2D eigenvalue weighted by Crippen LogP contribution is 2.34. The molecule has 2 aromatic rings. The molecule has 1 aliphatic rings. The van der Waals surface area contributed by atoms with Gasteiger partial charge in [0.2, 0.25) is 11.8 Å². The average Bonchev–Trinajstić information content (AvgIpc) is 3.10. The van der Waals surface area contributed by atoms with Gasteiger partial charge < -0.3 is 19.7 Å². The Hall–Kier alpha value is -3.62. The minimum atomic E-state index is -0.575. The second-order valence-electron chi connectivity index (χ2n) is 6.69. The maximum Gasteiger partial charge on any atom is 0.271 e. The Balaban J connectivity index is 1.76. The molecule has 1 N–H and O–H groups in total. The standard InChI is InChI=1S/C20H21N3O6/c1-12-4-5-15(23(26)27)9-16(12)21-20(25)13-8-19(24)22(11-13)14-6-7-17(28-2)18(10-14)29-3/h4-7,9-10,13H,8,11H2,1-3H3,(H,21,25)/t13-/m1/s1. The molecular formula is C20H21N3O6. The van der Waals surface area contributed by atoms with E-state index in [1.807, 2.05) is 0 Å². The van der Waals surface area contributed by atoms with Crippen molar-refractivity contribution in [2.45, 2.75) is 13.3 Å². The normalized spacial score (nSPS) is 15.9. The van der Waals surface area contributed by atoms with Gasteiger partial charge in [0.25, 0.3) is 5.69 Å². The van der Waals surface area contributed by atoms with Crippen LogP contribution in [0, 0.1) is 23.0 Å². The summed E-state index contributed by atoms with van der Waals surface area (Å²) in [7, 11) is 3.03. The van der Waals surface area contributed by atoms with E-state index >= 15 is 0 Å². The Labute approximate surface area is 167 Å². The zero-order valence-corrected chi connectivity index (χ0v) is 16.3. The maximum atomic E-state index is 12.7. The van der Waals surface area contributed by atoms with Crippen molar-refractivity contribution in [2.24, 2.45) is 5.92 Å². The number of nitro groups is 1. The molecule has 0 spiro atoms. The molecule has 2 aromatic carbocycles. The number of anilines is 2. The van der Waals surface area contributed by atoms with E-state index in [4.69, 9.17) is 9.47 Å². The average molecular weight is 399 g/mol. The van der Waals surface area contributed by atoms with Gasteiger partial charge in [-0.2, -0.15) is 0 Å². The third-order valence-corrected chi connectivity index (χ3v) is 4.86. The van der Waals surface area contributed by atoms with Gasteiger partial charge in [-0.1, -0.05) is 6.07 Å². The number of hydrogen-bond donors (Lipinski definition) is 1. The van der Waals surface area contributed by atoms with Crippen molar-refractivity contribution in [3.63, 3.8) is 0 Å². The molecule has 0 aliphatic carbocycles. The molecule has 29 heavy (non-hydrogen) atoms. The van der Waals surface area contributed by atoms with Gasteiger partial charge >= 0.3 is 0 Å². The first kappa shape index (κ1) is 20.1. The molecule has 0 radical (unpaired) electrons. The lowest BCUT2D eigenvalue weighted by Crippen LogP contribution is -2.28.